The molecule has 0 aliphatic carbocycles. The molecule has 0 aromatic carbocycles. The Labute approximate surface area is 113 Å². The molecule has 7 nitrogen and oxygen atoms in total. The van der Waals surface area contributed by atoms with Gasteiger partial charge in [0, 0.05) is 20.3 Å². The number of nitrogens with zero attached hydrogens (tertiary/aromatic N) is 4. The first-order chi connectivity index (χ1) is 8.91. The van der Waals surface area contributed by atoms with Gasteiger partial charge in [-0.1, -0.05) is 0 Å². The van der Waals surface area contributed by atoms with Crippen molar-refractivity contribution in [2.24, 2.45) is 7.05 Å². The molecule has 8 heteroatoms. The van der Waals surface area contributed by atoms with E-state index in [1.54, 1.807) is 26.2 Å². The molecule has 19 heavy (non-hydrogen) atoms. The Balaban J connectivity index is 2.37. The van der Waals surface area contributed by atoms with Crippen molar-refractivity contribution in [3.8, 4) is 0 Å². The van der Waals surface area contributed by atoms with Crippen LogP contribution < -0.4 is 4.90 Å². The molecule has 0 bridgehead atoms. The van der Waals surface area contributed by atoms with E-state index in [0.717, 1.165) is 11.5 Å². The Morgan fingerprint density at radius 2 is 2.16 bits per heavy atom. The molecular formula is C11H12N4O3S. The second-order valence-corrected chi connectivity index (χ2v) is 4.74. The van der Waals surface area contributed by atoms with Crippen molar-refractivity contribution in [1.29, 1.82) is 0 Å². The van der Waals surface area contributed by atoms with Crippen LogP contribution >= 0.6 is 11.5 Å². The minimum absolute atomic E-state index is 0.0526. The Hall–Kier alpha value is -2.22. The number of aromatic carboxylic acids is 1. The van der Waals surface area contributed by atoms with Gasteiger partial charge in [0.05, 0.1) is 5.69 Å². The van der Waals surface area contributed by atoms with Crippen LogP contribution in [-0.2, 0) is 7.05 Å². The Bertz CT molecular complexity index is 646. The topological polar surface area (TPSA) is 88.3 Å². The summed E-state index contributed by atoms with van der Waals surface area (Å²) in [7, 11) is 3.21. The summed E-state index contributed by atoms with van der Waals surface area (Å²) in [4.78, 5) is 24.6. The van der Waals surface area contributed by atoms with Crippen LogP contribution in [0.3, 0.4) is 0 Å². The molecule has 0 aliphatic rings. The maximum atomic E-state index is 12.2. The molecule has 2 aromatic heterocycles. The summed E-state index contributed by atoms with van der Waals surface area (Å²) in [6, 6.07) is 1.58. The zero-order chi connectivity index (χ0) is 14.2. The van der Waals surface area contributed by atoms with E-state index >= 15 is 0 Å². The number of aryl methyl sites for hydroxylation is 2. The highest BCUT2D eigenvalue weighted by Crippen LogP contribution is 2.28. The lowest BCUT2D eigenvalue weighted by Gasteiger charge is -2.14. The van der Waals surface area contributed by atoms with E-state index in [1.165, 1.54) is 16.6 Å². The fourth-order valence-corrected chi connectivity index (χ4v) is 2.47. The van der Waals surface area contributed by atoms with Gasteiger partial charge in [0.25, 0.3) is 5.91 Å². The van der Waals surface area contributed by atoms with Gasteiger partial charge in [-0.2, -0.15) is 9.47 Å². The summed E-state index contributed by atoms with van der Waals surface area (Å²) in [5.41, 5.74) is 0.706. The first-order valence-electron chi connectivity index (χ1n) is 5.39. The van der Waals surface area contributed by atoms with Crippen molar-refractivity contribution in [1.82, 2.24) is 14.2 Å². The number of rotatable bonds is 3. The highest BCUT2D eigenvalue weighted by Gasteiger charge is 2.25. The number of hydrogen-bond donors (Lipinski definition) is 1. The van der Waals surface area contributed by atoms with Gasteiger partial charge >= 0.3 is 5.97 Å². The molecule has 0 spiro atoms. The zero-order valence-electron chi connectivity index (χ0n) is 10.6. The van der Waals surface area contributed by atoms with Gasteiger partial charge in [-0.3, -0.25) is 14.4 Å². The Morgan fingerprint density at radius 3 is 2.68 bits per heavy atom. The number of anilines is 1. The lowest BCUT2D eigenvalue weighted by molar-refractivity contribution is 0.0697. The quantitative estimate of drug-likeness (QED) is 0.911. The molecule has 1 N–H and O–H groups in total. The van der Waals surface area contributed by atoms with E-state index in [-0.39, 0.29) is 17.2 Å². The average Bonchev–Trinajstić information content (AvgIpc) is 2.93. The van der Waals surface area contributed by atoms with E-state index < -0.39 is 5.97 Å². The van der Waals surface area contributed by atoms with Crippen LogP contribution in [0.25, 0.3) is 0 Å². The lowest BCUT2D eigenvalue weighted by atomic mass is 10.2. The summed E-state index contributed by atoms with van der Waals surface area (Å²) in [6.45, 7) is 1.60. The van der Waals surface area contributed by atoms with E-state index in [0.29, 0.717) is 10.7 Å². The van der Waals surface area contributed by atoms with Crippen LogP contribution in [0.4, 0.5) is 5.00 Å². The van der Waals surface area contributed by atoms with E-state index in [1.807, 2.05) is 0 Å². The summed E-state index contributed by atoms with van der Waals surface area (Å²) in [5.74, 6) is -1.46. The molecule has 0 aliphatic heterocycles. The van der Waals surface area contributed by atoms with Crippen LogP contribution in [0.1, 0.15) is 26.5 Å². The second-order valence-electron chi connectivity index (χ2n) is 3.99. The van der Waals surface area contributed by atoms with Crippen LogP contribution in [0.2, 0.25) is 0 Å². The van der Waals surface area contributed by atoms with Crippen molar-refractivity contribution >= 4 is 28.4 Å². The van der Waals surface area contributed by atoms with Crippen molar-refractivity contribution in [3.63, 3.8) is 0 Å². The minimum atomic E-state index is -1.10. The Morgan fingerprint density at radius 1 is 1.47 bits per heavy atom. The number of carbonyl (C=O) groups is 2. The first-order valence-corrected chi connectivity index (χ1v) is 6.16. The molecule has 0 radical (unpaired) electrons. The van der Waals surface area contributed by atoms with Gasteiger partial charge in [0.15, 0.2) is 5.69 Å². The molecule has 0 saturated heterocycles. The largest absolute Gasteiger partial charge is 0.478 e. The van der Waals surface area contributed by atoms with Crippen molar-refractivity contribution in [2.75, 3.05) is 11.9 Å². The van der Waals surface area contributed by atoms with Crippen LogP contribution in [0.5, 0.6) is 0 Å². The highest BCUT2D eigenvalue weighted by atomic mass is 32.1. The van der Waals surface area contributed by atoms with Gasteiger partial charge < -0.3 is 5.11 Å². The molecule has 1 amide bonds. The first kappa shape index (κ1) is 13.2. The normalized spacial score (nSPS) is 10.5. The summed E-state index contributed by atoms with van der Waals surface area (Å²) in [5, 5.41) is 13.5. The summed E-state index contributed by atoms with van der Waals surface area (Å²) >= 11 is 0.982. The molecule has 0 saturated carbocycles. The maximum absolute atomic E-state index is 12.2. The number of carbonyl (C=O) groups excluding carboxylic acids is 1. The zero-order valence-corrected chi connectivity index (χ0v) is 11.4. The van der Waals surface area contributed by atoms with E-state index in [9.17, 15) is 9.59 Å². The molecule has 2 aromatic rings. The number of carboxylic acid groups (broad SMARTS) is 1. The molecule has 0 atom stereocenters. The number of carboxylic acids is 1. The van der Waals surface area contributed by atoms with Gasteiger partial charge in [-0.25, -0.2) is 4.79 Å². The standard InChI is InChI=1S/C11H12N4O3S/c1-6-8(11(17)18)10(19-13-6)15(3)9(16)7-4-5-14(2)12-7/h4-5H,1-3H3,(H,17,18). The fourth-order valence-electron chi connectivity index (χ4n) is 1.63. The smallest absolute Gasteiger partial charge is 0.340 e. The van der Waals surface area contributed by atoms with Crippen LogP contribution in [-0.4, -0.2) is 38.2 Å². The fraction of sp³-hybridized carbons (Fsp3) is 0.273. The number of amides is 1. The SMILES string of the molecule is Cc1nsc(N(C)C(=O)c2ccn(C)n2)c1C(=O)O. The third-order valence-corrected chi connectivity index (χ3v) is 3.62. The molecule has 0 fully saturated rings. The van der Waals surface area contributed by atoms with Gasteiger partial charge in [-0.05, 0) is 24.5 Å². The van der Waals surface area contributed by atoms with Gasteiger partial charge in [0.1, 0.15) is 10.6 Å². The van der Waals surface area contributed by atoms with Crippen LogP contribution in [0, 0.1) is 6.92 Å². The van der Waals surface area contributed by atoms with E-state index in [4.69, 9.17) is 5.11 Å². The maximum Gasteiger partial charge on any atom is 0.340 e. The summed E-state index contributed by atoms with van der Waals surface area (Å²) < 4.78 is 5.49. The monoisotopic (exact) mass is 280 g/mol. The van der Waals surface area contributed by atoms with Crippen LogP contribution in [0.15, 0.2) is 12.3 Å². The minimum Gasteiger partial charge on any atom is -0.478 e. The van der Waals surface area contributed by atoms with Crippen molar-refractivity contribution in [2.45, 2.75) is 6.92 Å². The number of hydrogen-bond acceptors (Lipinski definition) is 5. The predicted octanol–water partition coefficient (Wildman–Crippen LogP) is 1.16. The average molecular weight is 280 g/mol. The Kier molecular flexibility index (Phi) is 3.34. The summed E-state index contributed by atoms with van der Waals surface area (Å²) in [6.07, 6.45) is 1.65. The van der Waals surface area contributed by atoms with Gasteiger partial charge in [0.2, 0.25) is 0 Å². The van der Waals surface area contributed by atoms with E-state index in [2.05, 4.69) is 9.47 Å². The lowest BCUT2D eigenvalue weighted by Crippen LogP contribution is -2.27. The third kappa shape index (κ3) is 2.34. The molecular weight excluding hydrogens is 268 g/mol. The molecule has 100 valence electrons. The highest BCUT2D eigenvalue weighted by molar-refractivity contribution is 7.11. The third-order valence-electron chi connectivity index (χ3n) is 2.60. The molecule has 2 heterocycles. The predicted molar refractivity (Wildman–Crippen MR) is 69.8 cm³/mol. The van der Waals surface area contributed by atoms with Crippen molar-refractivity contribution < 1.29 is 14.7 Å². The molecule has 2 rings (SSSR count). The second kappa shape index (κ2) is 4.81. The number of aromatic nitrogens is 3. The molecule has 0 unspecified atom stereocenters. The van der Waals surface area contributed by atoms with Crippen molar-refractivity contribution in [3.05, 3.63) is 29.2 Å². The van der Waals surface area contributed by atoms with Gasteiger partial charge in [-0.15, -0.1) is 0 Å².